The predicted octanol–water partition coefficient (Wildman–Crippen LogP) is -12.7. The first-order valence-corrected chi connectivity index (χ1v) is 13.0. The van der Waals surface area contributed by atoms with Crippen molar-refractivity contribution in [2.75, 3.05) is 6.61 Å². The largest absolute Gasteiger partial charge is 1.00 e. The van der Waals surface area contributed by atoms with E-state index in [-0.39, 0.29) is 103 Å². The van der Waals surface area contributed by atoms with Crippen molar-refractivity contribution in [2.24, 2.45) is 0 Å². The van der Waals surface area contributed by atoms with Crippen LogP contribution in [-0.2, 0) is 27.4 Å². The standard InChI is InChI=1S/C15H22N2O17P2.2K/c18-3-4-6(20)7(21)8(22)11(31-4)13(33-36(29,30)34-35(26,27)28)12-9(23)10(24)14(32-12)17-2-1-5(19)16-15(17)25;;/h1-2,4,6-14,18,20-22H,3H2,(H,29,30)(H,16,19,25)(H2,26,27,28);;/q-2;2*+1/t4-,6+,7+,8-,9+,10-,11?,12+,13?,14-;;/m1../s1. The molecule has 3 heterocycles. The van der Waals surface area contributed by atoms with E-state index in [1.54, 1.807) is 0 Å². The topological polar surface area (TPSA) is 314 Å². The Hall–Kier alpha value is 1.89. The van der Waals surface area contributed by atoms with E-state index in [2.05, 4.69) is 8.83 Å². The molecule has 3 unspecified atom stereocenters. The van der Waals surface area contributed by atoms with Crippen LogP contribution >= 0.6 is 15.6 Å². The molecular weight excluding hydrogens is 620 g/mol. The summed E-state index contributed by atoms with van der Waals surface area (Å²) >= 11 is 0. The Balaban J connectivity index is 0.00000361. The third kappa shape index (κ3) is 8.95. The van der Waals surface area contributed by atoms with Crippen LogP contribution < -0.4 is 124 Å². The summed E-state index contributed by atoms with van der Waals surface area (Å²) in [5, 5.41) is 65.3. The molecule has 11 atom stereocenters. The Kier molecular flexibility index (Phi) is 15.0. The number of hydrogen-bond acceptors (Lipinski definition) is 14. The third-order valence-corrected chi connectivity index (χ3v) is 7.58. The van der Waals surface area contributed by atoms with Gasteiger partial charge in [0.15, 0.2) is 0 Å². The van der Waals surface area contributed by atoms with Crippen LogP contribution in [0.25, 0.3) is 0 Å². The molecule has 0 aliphatic carbocycles. The average molecular weight is 642 g/mol. The van der Waals surface area contributed by atoms with Crippen LogP contribution in [0.15, 0.2) is 21.9 Å². The molecule has 0 aromatic carbocycles. The Morgan fingerprint density at radius 2 is 1.61 bits per heavy atom. The van der Waals surface area contributed by atoms with Crippen molar-refractivity contribution in [3.63, 3.8) is 0 Å². The van der Waals surface area contributed by atoms with E-state index in [1.165, 1.54) is 0 Å². The maximum atomic E-state index is 12.8. The Labute approximate surface area is 297 Å². The second-order valence-electron chi connectivity index (χ2n) is 7.84. The number of nitrogens with one attached hydrogen (secondary N) is 1. The number of ether oxygens (including phenoxy) is 2. The minimum Gasteiger partial charge on any atom is -0.851 e. The quantitative estimate of drug-likeness (QED) is 0.0964. The zero-order chi connectivity index (χ0) is 27.2. The molecule has 0 saturated carbocycles. The van der Waals surface area contributed by atoms with Gasteiger partial charge in [-0.25, -0.2) is 13.9 Å². The molecule has 8 N–H and O–H groups in total. The predicted molar refractivity (Wildman–Crippen MR) is 104 cm³/mol. The number of aliphatic hydroxyl groups excluding tert-OH is 4. The molecule has 19 nitrogen and oxygen atoms in total. The minimum atomic E-state index is -5.83. The van der Waals surface area contributed by atoms with Gasteiger partial charge in [0.1, 0.15) is 42.9 Å². The van der Waals surface area contributed by atoms with E-state index in [0.717, 1.165) is 12.3 Å². The molecule has 0 radical (unpaired) electrons. The SMILES string of the molecule is O=c1ccn([C@@H]2O[C@H](C(OP(=O)(O)OP(=O)(O)O)C3O[C@H](CO)[C@H](O)[C@H](O)[C@H]3O)[C@@H]([O-])[C@H]2[O-])c(=O)[nH]1.[K+].[K+]. The fourth-order valence-corrected chi connectivity index (χ4v) is 5.57. The molecule has 0 amide bonds. The molecule has 2 saturated heterocycles. The zero-order valence-electron chi connectivity index (χ0n) is 19.7. The van der Waals surface area contributed by atoms with Gasteiger partial charge in [-0.1, -0.05) is 6.10 Å². The summed E-state index contributed by atoms with van der Waals surface area (Å²) in [5.41, 5.74) is -2.03. The second kappa shape index (κ2) is 15.1. The Morgan fingerprint density at radius 1 is 1.00 bits per heavy atom. The van der Waals surface area contributed by atoms with Crippen molar-refractivity contribution in [1.29, 1.82) is 0 Å². The number of hydrogen-bond donors (Lipinski definition) is 8. The summed E-state index contributed by atoms with van der Waals surface area (Å²) in [6.45, 7) is -0.990. The number of nitrogens with zero attached hydrogens (tertiary/aromatic N) is 1. The molecule has 2 aliphatic heterocycles. The molecule has 23 heteroatoms. The van der Waals surface area contributed by atoms with Crippen LogP contribution in [-0.4, -0.2) is 106 Å². The number of phosphoric acid groups is 2. The molecule has 3 rings (SSSR count). The first-order valence-electron chi connectivity index (χ1n) is 9.93. The molecule has 2 aliphatic rings. The summed E-state index contributed by atoms with van der Waals surface area (Å²) in [7, 11) is -11.5. The van der Waals surface area contributed by atoms with Crippen LogP contribution in [0.3, 0.4) is 0 Å². The van der Waals surface area contributed by atoms with Gasteiger partial charge in [0, 0.05) is 12.3 Å². The van der Waals surface area contributed by atoms with Gasteiger partial charge in [-0.15, -0.1) is 6.10 Å². The Bertz CT molecular complexity index is 1140. The number of aliphatic hydroxyl groups is 4. The van der Waals surface area contributed by atoms with Crippen molar-refractivity contribution in [1.82, 2.24) is 9.55 Å². The average Bonchev–Trinajstić information content (AvgIpc) is 3.04. The zero-order valence-corrected chi connectivity index (χ0v) is 27.7. The van der Waals surface area contributed by atoms with Crippen LogP contribution in [0.1, 0.15) is 6.23 Å². The van der Waals surface area contributed by atoms with Gasteiger partial charge in [0.05, 0.1) is 12.7 Å². The van der Waals surface area contributed by atoms with E-state index < -0.39 is 94.7 Å². The molecule has 1 aromatic heterocycles. The monoisotopic (exact) mass is 642 g/mol. The molecule has 206 valence electrons. The first kappa shape index (κ1) is 37.9. The van der Waals surface area contributed by atoms with E-state index in [9.17, 15) is 54.3 Å². The van der Waals surface area contributed by atoms with Crippen molar-refractivity contribution in [2.45, 2.75) is 61.2 Å². The van der Waals surface area contributed by atoms with Gasteiger partial charge < -0.3 is 54.8 Å². The van der Waals surface area contributed by atoms with Gasteiger partial charge >= 0.3 is 124 Å². The summed E-state index contributed by atoms with van der Waals surface area (Å²) in [6.07, 6.45) is -20.7. The number of aromatic nitrogens is 2. The van der Waals surface area contributed by atoms with Crippen molar-refractivity contribution in [3.05, 3.63) is 33.1 Å². The van der Waals surface area contributed by atoms with Crippen LogP contribution in [0.2, 0.25) is 0 Å². The summed E-state index contributed by atoms with van der Waals surface area (Å²) in [4.78, 5) is 52.7. The van der Waals surface area contributed by atoms with Crippen LogP contribution in [0, 0.1) is 0 Å². The summed E-state index contributed by atoms with van der Waals surface area (Å²) in [6, 6.07) is 0.811. The van der Waals surface area contributed by atoms with Crippen LogP contribution in [0.5, 0.6) is 0 Å². The number of rotatable bonds is 8. The molecule has 38 heavy (non-hydrogen) atoms. The minimum absolute atomic E-state index is 0. The summed E-state index contributed by atoms with van der Waals surface area (Å²) in [5.74, 6) is 0. The van der Waals surface area contributed by atoms with Crippen molar-refractivity contribution < 1.29 is 176 Å². The molecular formula is C15H22K2N2O17P2. The van der Waals surface area contributed by atoms with E-state index in [4.69, 9.17) is 19.3 Å². The first-order chi connectivity index (χ1) is 16.6. The second-order valence-corrected chi connectivity index (χ2v) is 10.6. The van der Waals surface area contributed by atoms with E-state index in [1.807, 2.05) is 4.98 Å². The molecule has 0 spiro atoms. The van der Waals surface area contributed by atoms with Gasteiger partial charge in [-0.2, -0.15) is 4.31 Å². The summed E-state index contributed by atoms with van der Waals surface area (Å²) < 4.78 is 42.6. The number of aromatic amines is 1. The van der Waals surface area contributed by atoms with Crippen molar-refractivity contribution >= 4 is 15.6 Å². The van der Waals surface area contributed by atoms with Gasteiger partial charge in [0.2, 0.25) is 0 Å². The molecule has 1 aromatic rings. The van der Waals surface area contributed by atoms with Crippen molar-refractivity contribution in [3.8, 4) is 0 Å². The van der Waals surface area contributed by atoms with Gasteiger partial charge in [-0.3, -0.25) is 18.9 Å². The smallest absolute Gasteiger partial charge is 0.851 e. The maximum absolute atomic E-state index is 12.8. The maximum Gasteiger partial charge on any atom is 1.00 e. The van der Waals surface area contributed by atoms with Crippen LogP contribution in [0.4, 0.5) is 0 Å². The number of phosphoric ester groups is 1. The van der Waals surface area contributed by atoms with Gasteiger partial charge in [0.25, 0.3) is 5.56 Å². The third-order valence-electron chi connectivity index (χ3n) is 5.39. The van der Waals surface area contributed by atoms with Gasteiger partial charge in [-0.05, 0) is 0 Å². The fraction of sp³-hybridized carbons (Fsp3) is 0.733. The molecule has 2 fully saturated rings. The van der Waals surface area contributed by atoms with E-state index >= 15 is 0 Å². The molecule has 0 bridgehead atoms. The van der Waals surface area contributed by atoms with E-state index in [0.29, 0.717) is 4.57 Å². The fourth-order valence-electron chi connectivity index (χ4n) is 3.80. The Morgan fingerprint density at radius 3 is 2.13 bits per heavy atom. The normalized spacial score (nSPS) is 36.0. The number of H-pyrrole nitrogens is 1.